The maximum absolute atomic E-state index is 12.1. The summed E-state index contributed by atoms with van der Waals surface area (Å²) in [5.74, 6) is 0. The third kappa shape index (κ3) is 2.52. The van der Waals surface area contributed by atoms with Crippen molar-refractivity contribution in [1.29, 1.82) is 0 Å². The van der Waals surface area contributed by atoms with Crippen LogP contribution in [0.3, 0.4) is 0 Å². The number of anilines is 1. The van der Waals surface area contributed by atoms with Crippen LogP contribution in [0.1, 0.15) is 38.6 Å². The van der Waals surface area contributed by atoms with E-state index in [1.165, 1.54) is 0 Å². The van der Waals surface area contributed by atoms with E-state index in [1.54, 1.807) is 17.7 Å². The molecule has 0 radical (unpaired) electrons. The Morgan fingerprint density at radius 1 is 1.47 bits per heavy atom. The smallest absolute Gasteiger partial charge is 0.274 e. The number of nitrogens with one attached hydrogen (secondary N) is 1. The van der Waals surface area contributed by atoms with Gasteiger partial charge in [-0.15, -0.1) is 0 Å². The summed E-state index contributed by atoms with van der Waals surface area (Å²) in [5, 5.41) is 12.8. The predicted molar refractivity (Wildman–Crippen MR) is 68.4 cm³/mol. The number of hydrogen-bond acceptors (Lipinski definition) is 3. The van der Waals surface area contributed by atoms with Gasteiger partial charge in [-0.1, -0.05) is 0 Å². The van der Waals surface area contributed by atoms with Crippen LogP contribution in [0.2, 0.25) is 0 Å². The molecule has 4 nitrogen and oxygen atoms in total. The predicted octanol–water partition coefficient (Wildman–Crippen LogP) is 1.76. The van der Waals surface area contributed by atoms with E-state index in [0.29, 0.717) is 5.69 Å². The summed E-state index contributed by atoms with van der Waals surface area (Å²) in [6, 6.07) is 3.90. The number of aromatic nitrogens is 1. The first-order chi connectivity index (χ1) is 8.03. The summed E-state index contributed by atoms with van der Waals surface area (Å²) >= 11 is 0. The lowest BCUT2D eigenvalue weighted by molar-refractivity contribution is 0.00956. The Kier molecular flexibility index (Phi) is 3.24. The van der Waals surface area contributed by atoms with Crippen LogP contribution < -0.4 is 10.9 Å². The lowest BCUT2D eigenvalue weighted by Crippen LogP contribution is -2.34. The molecule has 1 aliphatic carbocycles. The lowest BCUT2D eigenvalue weighted by Gasteiger charge is -2.34. The first kappa shape index (κ1) is 12.2. The summed E-state index contributed by atoms with van der Waals surface area (Å²) in [4.78, 5) is 12.1. The normalized spacial score (nSPS) is 29.0. The molecule has 0 amide bonds. The molecule has 0 aliphatic heterocycles. The standard InChI is InChI=1S/C13H20N2O2/c1-13(17)7-5-10(6-8-13)15-9-3-4-11(14-2)12(15)16/h3-4,9-10,14,17H,5-8H2,1-2H3/t10-,13-. The molecule has 0 saturated heterocycles. The van der Waals surface area contributed by atoms with Gasteiger partial charge in [0.05, 0.1) is 5.60 Å². The van der Waals surface area contributed by atoms with Crippen molar-refractivity contribution >= 4 is 5.69 Å². The minimum atomic E-state index is -0.555. The van der Waals surface area contributed by atoms with E-state index >= 15 is 0 Å². The number of nitrogens with zero attached hydrogens (tertiary/aromatic N) is 1. The highest BCUT2D eigenvalue weighted by Gasteiger charge is 2.29. The van der Waals surface area contributed by atoms with Gasteiger partial charge in [-0.3, -0.25) is 4.79 Å². The molecule has 1 saturated carbocycles. The van der Waals surface area contributed by atoms with Gasteiger partial charge in [0.15, 0.2) is 0 Å². The van der Waals surface area contributed by atoms with Crippen molar-refractivity contribution in [2.24, 2.45) is 0 Å². The molecule has 0 unspecified atom stereocenters. The molecule has 1 aromatic heterocycles. The molecule has 17 heavy (non-hydrogen) atoms. The monoisotopic (exact) mass is 236 g/mol. The molecular formula is C13H20N2O2. The lowest BCUT2D eigenvalue weighted by atomic mass is 9.83. The van der Waals surface area contributed by atoms with Crippen molar-refractivity contribution in [2.75, 3.05) is 12.4 Å². The summed E-state index contributed by atoms with van der Waals surface area (Å²) in [7, 11) is 1.76. The molecular weight excluding hydrogens is 216 g/mol. The number of aliphatic hydroxyl groups is 1. The van der Waals surface area contributed by atoms with Gasteiger partial charge in [0, 0.05) is 19.3 Å². The average Bonchev–Trinajstić information content (AvgIpc) is 2.30. The Balaban J connectivity index is 2.22. The SMILES string of the molecule is CNc1cccn([C@H]2CC[C@](C)(O)CC2)c1=O. The number of hydrogen-bond donors (Lipinski definition) is 2. The molecule has 1 aliphatic rings. The van der Waals surface area contributed by atoms with E-state index < -0.39 is 5.60 Å². The molecule has 0 atom stereocenters. The second-order valence-electron chi connectivity index (χ2n) is 5.11. The van der Waals surface area contributed by atoms with Gasteiger partial charge in [0.25, 0.3) is 5.56 Å². The Morgan fingerprint density at radius 3 is 2.71 bits per heavy atom. The van der Waals surface area contributed by atoms with E-state index in [4.69, 9.17) is 0 Å². The zero-order valence-electron chi connectivity index (χ0n) is 10.4. The molecule has 94 valence electrons. The van der Waals surface area contributed by atoms with E-state index in [2.05, 4.69) is 5.32 Å². The summed E-state index contributed by atoms with van der Waals surface area (Å²) < 4.78 is 1.79. The van der Waals surface area contributed by atoms with Crippen LogP contribution in [0, 0.1) is 0 Å². The Morgan fingerprint density at radius 2 is 2.12 bits per heavy atom. The average molecular weight is 236 g/mol. The van der Waals surface area contributed by atoms with Crippen molar-refractivity contribution in [2.45, 2.75) is 44.2 Å². The van der Waals surface area contributed by atoms with Crippen LogP contribution in [-0.4, -0.2) is 22.3 Å². The third-order valence-corrected chi connectivity index (χ3v) is 3.67. The van der Waals surface area contributed by atoms with E-state index in [1.807, 2.05) is 19.2 Å². The Bertz CT molecular complexity index is 441. The maximum atomic E-state index is 12.1. The summed E-state index contributed by atoms with van der Waals surface area (Å²) in [6.45, 7) is 1.87. The molecule has 1 heterocycles. The van der Waals surface area contributed by atoms with E-state index in [0.717, 1.165) is 25.7 Å². The molecule has 4 heteroatoms. The number of pyridine rings is 1. The molecule has 1 aromatic rings. The maximum Gasteiger partial charge on any atom is 0.274 e. The van der Waals surface area contributed by atoms with Crippen LogP contribution in [0.15, 0.2) is 23.1 Å². The fourth-order valence-corrected chi connectivity index (χ4v) is 2.49. The highest BCUT2D eigenvalue weighted by atomic mass is 16.3. The van der Waals surface area contributed by atoms with Gasteiger partial charge in [-0.05, 0) is 44.7 Å². The van der Waals surface area contributed by atoms with Crippen LogP contribution in [0.25, 0.3) is 0 Å². The third-order valence-electron chi connectivity index (χ3n) is 3.67. The van der Waals surface area contributed by atoms with Gasteiger partial charge in [0.1, 0.15) is 5.69 Å². The largest absolute Gasteiger partial charge is 0.390 e. The van der Waals surface area contributed by atoms with Crippen molar-refractivity contribution in [3.8, 4) is 0 Å². The van der Waals surface area contributed by atoms with Crippen molar-refractivity contribution in [3.63, 3.8) is 0 Å². The van der Waals surface area contributed by atoms with Gasteiger partial charge < -0.3 is 15.0 Å². The second-order valence-corrected chi connectivity index (χ2v) is 5.11. The van der Waals surface area contributed by atoms with Crippen molar-refractivity contribution in [1.82, 2.24) is 4.57 Å². The van der Waals surface area contributed by atoms with Gasteiger partial charge in [-0.2, -0.15) is 0 Å². The highest BCUT2D eigenvalue weighted by molar-refractivity contribution is 5.39. The van der Waals surface area contributed by atoms with Crippen LogP contribution >= 0.6 is 0 Å². The van der Waals surface area contributed by atoms with Crippen molar-refractivity contribution in [3.05, 3.63) is 28.7 Å². The minimum absolute atomic E-state index is 0.0292. The van der Waals surface area contributed by atoms with Gasteiger partial charge >= 0.3 is 0 Å². The molecule has 1 fully saturated rings. The fraction of sp³-hybridized carbons (Fsp3) is 0.615. The summed E-state index contributed by atoms with van der Waals surface area (Å²) in [5.41, 5.74) is 0.104. The molecule has 0 bridgehead atoms. The Labute approximate surface area is 101 Å². The Hall–Kier alpha value is -1.29. The minimum Gasteiger partial charge on any atom is -0.390 e. The quantitative estimate of drug-likeness (QED) is 0.822. The zero-order valence-corrected chi connectivity index (χ0v) is 10.4. The van der Waals surface area contributed by atoms with Crippen molar-refractivity contribution < 1.29 is 5.11 Å². The topological polar surface area (TPSA) is 54.3 Å². The molecule has 0 aromatic carbocycles. The van der Waals surface area contributed by atoms with Gasteiger partial charge in [-0.25, -0.2) is 0 Å². The second kappa shape index (κ2) is 4.53. The van der Waals surface area contributed by atoms with Crippen LogP contribution in [0.5, 0.6) is 0 Å². The van der Waals surface area contributed by atoms with Crippen LogP contribution in [-0.2, 0) is 0 Å². The molecule has 2 N–H and O–H groups in total. The van der Waals surface area contributed by atoms with Crippen LogP contribution in [0.4, 0.5) is 5.69 Å². The summed E-state index contributed by atoms with van der Waals surface area (Å²) in [6.07, 6.45) is 5.08. The van der Waals surface area contributed by atoms with E-state index in [9.17, 15) is 9.90 Å². The highest BCUT2D eigenvalue weighted by Crippen LogP contribution is 2.33. The molecule has 2 rings (SSSR count). The molecule has 0 spiro atoms. The number of rotatable bonds is 2. The first-order valence-electron chi connectivity index (χ1n) is 6.15. The van der Waals surface area contributed by atoms with Gasteiger partial charge in [0.2, 0.25) is 0 Å². The van der Waals surface area contributed by atoms with E-state index in [-0.39, 0.29) is 11.6 Å². The zero-order chi connectivity index (χ0) is 12.5. The first-order valence-corrected chi connectivity index (χ1v) is 6.15. The fourth-order valence-electron chi connectivity index (χ4n) is 2.49.